The minimum Gasteiger partial charge on any atom is -0.497 e. The third kappa shape index (κ3) is 8.05. The van der Waals surface area contributed by atoms with E-state index < -0.39 is 19.3 Å². The van der Waals surface area contributed by atoms with Crippen LogP contribution >= 0.6 is 7.82 Å². The lowest BCUT2D eigenvalue weighted by atomic mass is 10.1. The second-order valence-electron chi connectivity index (χ2n) is 11.5. The molecule has 5 aromatic carbocycles. The van der Waals surface area contributed by atoms with Gasteiger partial charge in [0.05, 0.1) is 39.5 Å². The topological polar surface area (TPSA) is 106 Å². The summed E-state index contributed by atoms with van der Waals surface area (Å²) in [6.07, 6.45) is 0. The van der Waals surface area contributed by atoms with Gasteiger partial charge in [-0.2, -0.15) is 0 Å². The minimum absolute atomic E-state index is 0.0120. The van der Waals surface area contributed by atoms with Gasteiger partial charge in [-0.25, -0.2) is 4.57 Å². The zero-order chi connectivity index (χ0) is 35.8. The van der Waals surface area contributed by atoms with Crippen LogP contribution < -0.4 is 24.5 Å². The molecule has 10 nitrogen and oxygen atoms in total. The average molecular weight is 705 g/mol. The third-order valence-electron chi connectivity index (χ3n) is 8.27. The molecular formula is C40H37N2O8P. The molecule has 1 aromatic heterocycles. The molecule has 1 amide bonds. The number of hydrogen-bond donors (Lipinski definition) is 0. The van der Waals surface area contributed by atoms with Crippen LogP contribution in [0, 0.1) is 0 Å². The Bertz CT molecular complexity index is 2180. The lowest BCUT2D eigenvalue weighted by molar-refractivity contribution is 0.0979. The van der Waals surface area contributed by atoms with Gasteiger partial charge in [-0.05, 0) is 47.5 Å². The molecular weight excluding hydrogens is 667 g/mol. The maximum Gasteiger partial charge on any atom is 0.530 e. The van der Waals surface area contributed by atoms with Gasteiger partial charge in [0, 0.05) is 29.8 Å². The van der Waals surface area contributed by atoms with E-state index in [0.717, 1.165) is 11.1 Å². The van der Waals surface area contributed by atoms with Crippen molar-refractivity contribution in [2.75, 3.05) is 19.1 Å². The Balaban J connectivity index is 1.49. The lowest BCUT2D eigenvalue weighted by Gasteiger charge is -2.26. The number of pyridine rings is 1. The smallest absolute Gasteiger partial charge is 0.497 e. The monoisotopic (exact) mass is 704 g/mol. The van der Waals surface area contributed by atoms with E-state index in [4.69, 9.17) is 23.0 Å². The van der Waals surface area contributed by atoms with Gasteiger partial charge in [0.25, 0.3) is 11.5 Å². The Labute approximate surface area is 296 Å². The average Bonchev–Trinajstić information content (AvgIpc) is 3.18. The number of methoxy groups -OCH3 is 2. The first-order valence-electron chi connectivity index (χ1n) is 16.2. The van der Waals surface area contributed by atoms with Gasteiger partial charge in [0.15, 0.2) is 5.75 Å². The fourth-order valence-electron chi connectivity index (χ4n) is 5.58. The van der Waals surface area contributed by atoms with E-state index in [-0.39, 0.29) is 31.1 Å². The van der Waals surface area contributed by atoms with Crippen molar-refractivity contribution >= 4 is 30.3 Å². The minimum atomic E-state index is -4.52. The first kappa shape index (κ1) is 35.2. The SMILES string of the molecule is COc1ccc(CN(C(=O)c2c(OP(=O)(OCc3ccccc3)OCc3ccccc3)c3ccccc3n(C)c2=O)c2ccccc2)c(OC)c1. The summed E-state index contributed by atoms with van der Waals surface area (Å²) in [5.41, 5.74) is 2.05. The van der Waals surface area contributed by atoms with E-state index in [1.807, 2.05) is 66.7 Å². The molecule has 6 aromatic rings. The standard InChI is InChI=1S/C40H37N2O8P/c1-41-35-22-14-13-21-34(35)38(50-51(45,48-27-29-15-7-4-8-16-29)49-28-30-17-9-5-10-18-30)37(39(41)43)40(44)42(32-19-11-6-12-20-32)26-31-23-24-33(46-2)25-36(31)47-3/h4-25H,26-28H2,1-3H3. The summed E-state index contributed by atoms with van der Waals surface area (Å²) in [6.45, 7) is -0.225. The number of phosphoric ester groups is 1. The molecule has 0 radical (unpaired) electrons. The number of amides is 1. The molecule has 0 spiro atoms. The number of aromatic nitrogens is 1. The van der Waals surface area contributed by atoms with Crippen LogP contribution in [0.15, 0.2) is 138 Å². The number of para-hydroxylation sites is 2. The van der Waals surface area contributed by atoms with Gasteiger partial charge in [0.2, 0.25) is 0 Å². The molecule has 11 heteroatoms. The van der Waals surface area contributed by atoms with Crippen molar-refractivity contribution in [2.24, 2.45) is 7.05 Å². The largest absolute Gasteiger partial charge is 0.530 e. The number of rotatable bonds is 14. The Morgan fingerprint density at radius 2 is 1.29 bits per heavy atom. The number of ether oxygens (including phenoxy) is 2. The van der Waals surface area contributed by atoms with Crippen molar-refractivity contribution in [2.45, 2.75) is 19.8 Å². The molecule has 0 N–H and O–H groups in total. The van der Waals surface area contributed by atoms with E-state index in [1.54, 1.807) is 80.9 Å². The molecule has 0 aliphatic heterocycles. The molecule has 0 unspecified atom stereocenters. The van der Waals surface area contributed by atoms with E-state index in [9.17, 15) is 14.2 Å². The highest BCUT2D eigenvalue weighted by atomic mass is 31.2. The van der Waals surface area contributed by atoms with Crippen LogP contribution in [-0.4, -0.2) is 24.7 Å². The molecule has 0 aliphatic carbocycles. The van der Waals surface area contributed by atoms with E-state index in [1.165, 1.54) is 16.6 Å². The molecule has 0 bridgehead atoms. The first-order chi connectivity index (χ1) is 24.8. The number of fused-ring (bicyclic) bond motifs is 1. The van der Waals surface area contributed by atoms with Gasteiger partial charge in [0.1, 0.15) is 17.1 Å². The summed E-state index contributed by atoms with van der Waals surface area (Å²) in [4.78, 5) is 30.7. The van der Waals surface area contributed by atoms with Gasteiger partial charge < -0.3 is 23.5 Å². The van der Waals surface area contributed by atoms with Gasteiger partial charge in [-0.3, -0.25) is 18.6 Å². The van der Waals surface area contributed by atoms with Crippen LogP contribution in [0.25, 0.3) is 10.9 Å². The summed E-state index contributed by atoms with van der Waals surface area (Å²) in [6, 6.07) is 39.4. The lowest BCUT2D eigenvalue weighted by Crippen LogP contribution is -2.37. The van der Waals surface area contributed by atoms with Crippen molar-refractivity contribution in [3.8, 4) is 17.2 Å². The maximum atomic E-state index is 15.0. The van der Waals surface area contributed by atoms with Crippen LogP contribution in [0.1, 0.15) is 27.0 Å². The molecule has 0 atom stereocenters. The van der Waals surface area contributed by atoms with E-state index in [0.29, 0.717) is 33.7 Å². The summed E-state index contributed by atoms with van der Waals surface area (Å²) in [5, 5.41) is 0.366. The second-order valence-corrected chi connectivity index (χ2v) is 13.1. The maximum absolute atomic E-state index is 15.0. The summed E-state index contributed by atoms with van der Waals surface area (Å²) in [7, 11) is 0.131. The quantitative estimate of drug-likeness (QED) is 0.104. The Hall–Kier alpha value is -5.67. The number of anilines is 1. The number of aryl methyl sites for hydroxylation is 1. The fraction of sp³-hybridized carbons (Fsp3) is 0.150. The Kier molecular flexibility index (Phi) is 11.0. The van der Waals surface area contributed by atoms with Crippen molar-refractivity contribution < 1.29 is 32.4 Å². The Morgan fingerprint density at radius 3 is 1.88 bits per heavy atom. The molecule has 0 saturated heterocycles. The van der Waals surface area contributed by atoms with Gasteiger partial charge in [-0.15, -0.1) is 0 Å². The predicted octanol–water partition coefficient (Wildman–Crippen LogP) is 8.32. The van der Waals surface area contributed by atoms with Crippen molar-refractivity contribution in [1.29, 1.82) is 0 Å². The zero-order valence-corrected chi connectivity index (χ0v) is 29.3. The predicted molar refractivity (Wildman–Crippen MR) is 196 cm³/mol. The fourth-order valence-corrected chi connectivity index (χ4v) is 6.79. The number of phosphoric acid groups is 1. The number of benzene rings is 5. The second kappa shape index (κ2) is 15.9. The molecule has 51 heavy (non-hydrogen) atoms. The summed E-state index contributed by atoms with van der Waals surface area (Å²) in [5.74, 6) is 0.150. The zero-order valence-electron chi connectivity index (χ0n) is 28.4. The van der Waals surface area contributed by atoms with Gasteiger partial charge in [-0.1, -0.05) is 91.0 Å². The number of hydrogen-bond acceptors (Lipinski definition) is 8. The third-order valence-corrected chi connectivity index (χ3v) is 9.57. The molecule has 6 rings (SSSR count). The number of carbonyl (C=O) groups excluding carboxylic acids is 1. The number of carbonyl (C=O) groups is 1. The summed E-state index contributed by atoms with van der Waals surface area (Å²) >= 11 is 0. The highest BCUT2D eigenvalue weighted by Crippen LogP contribution is 2.53. The van der Waals surface area contributed by atoms with Crippen LogP contribution in [0.4, 0.5) is 5.69 Å². The van der Waals surface area contributed by atoms with Crippen LogP contribution in [0.2, 0.25) is 0 Å². The van der Waals surface area contributed by atoms with Crippen LogP contribution in [0.3, 0.4) is 0 Å². The van der Waals surface area contributed by atoms with Crippen LogP contribution in [0.5, 0.6) is 17.2 Å². The molecule has 260 valence electrons. The Morgan fingerprint density at radius 1 is 0.725 bits per heavy atom. The van der Waals surface area contributed by atoms with E-state index in [2.05, 4.69) is 0 Å². The van der Waals surface area contributed by atoms with Crippen LogP contribution in [-0.2, 0) is 40.4 Å². The van der Waals surface area contributed by atoms with Crippen molar-refractivity contribution in [1.82, 2.24) is 4.57 Å². The molecule has 1 heterocycles. The molecule has 0 saturated carbocycles. The van der Waals surface area contributed by atoms with Crippen molar-refractivity contribution in [3.63, 3.8) is 0 Å². The van der Waals surface area contributed by atoms with Gasteiger partial charge >= 0.3 is 7.82 Å². The van der Waals surface area contributed by atoms with Crippen molar-refractivity contribution in [3.05, 3.63) is 166 Å². The van der Waals surface area contributed by atoms with E-state index >= 15 is 0 Å². The number of nitrogens with zero attached hydrogens (tertiary/aromatic N) is 2. The normalized spacial score (nSPS) is 11.3. The first-order valence-corrected chi connectivity index (χ1v) is 17.6. The highest BCUT2D eigenvalue weighted by Gasteiger charge is 2.36. The summed E-state index contributed by atoms with van der Waals surface area (Å²) < 4.78 is 45.2. The highest BCUT2D eigenvalue weighted by molar-refractivity contribution is 7.48. The molecule has 0 fully saturated rings. The molecule has 0 aliphatic rings.